The Morgan fingerprint density at radius 2 is 2.31 bits per heavy atom. The minimum Gasteiger partial charge on any atom is -0.367 e. The van der Waals surface area contributed by atoms with E-state index in [4.69, 9.17) is 0 Å². The molecular weight excluding hydrogens is 162 g/mol. The summed E-state index contributed by atoms with van der Waals surface area (Å²) in [7, 11) is 4.18. The van der Waals surface area contributed by atoms with Crippen LogP contribution in [0.15, 0.2) is 18.5 Å². The maximum absolute atomic E-state index is 3.45. The van der Waals surface area contributed by atoms with Crippen molar-refractivity contribution < 1.29 is 0 Å². The second-order valence-electron chi connectivity index (χ2n) is 3.76. The molecule has 1 rings (SSSR count). The minimum atomic E-state index is 0.532. The number of likely N-dealkylation sites (N-methyl/N-ethyl adjacent to an activating group) is 1. The fourth-order valence-corrected chi connectivity index (χ4v) is 1.37. The van der Waals surface area contributed by atoms with Crippen molar-refractivity contribution in [2.45, 2.75) is 19.5 Å². The molecule has 0 aliphatic heterocycles. The second-order valence-corrected chi connectivity index (χ2v) is 3.76. The van der Waals surface area contributed by atoms with E-state index in [1.165, 1.54) is 5.56 Å². The summed E-state index contributed by atoms with van der Waals surface area (Å²) >= 11 is 0. The molecule has 2 N–H and O–H groups in total. The number of aromatic amines is 1. The number of aromatic nitrogens is 1. The van der Waals surface area contributed by atoms with Gasteiger partial charge in [0.15, 0.2) is 0 Å². The molecule has 0 aliphatic carbocycles. The first-order chi connectivity index (χ1) is 6.18. The van der Waals surface area contributed by atoms with Crippen molar-refractivity contribution in [2.24, 2.45) is 0 Å². The molecule has 1 atom stereocenters. The lowest BCUT2D eigenvalue weighted by Crippen LogP contribution is -2.35. The number of hydrogen-bond acceptors (Lipinski definition) is 2. The summed E-state index contributed by atoms with van der Waals surface area (Å²) in [4.78, 5) is 5.23. The summed E-state index contributed by atoms with van der Waals surface area (Å²) < 4.78 is 0. The van der Waals surface area contributed by atoms with Crippen molar-refractivity contribution in [3.63, 3.8) is 0 Å². The van der Waals surface area contributed by atoms with Gasteiger partial charge in [0, 0.05) is 31.5 Å². The molecule has 0 amide bonds. The molecule has 0 fully saturated rings. The zero-order valence-electron chi connectivity index (χ0n) is 8.67. The van der Waals surface area contributed by atoms with Crippen molar-refractivity contribution in [2.75, 3.05) is 20.6 Å². The van der Waals surface area contributed by atoms with Gasteiger partial charge in [-0.3, -0.25) is 0 Å². The molecule has 0 saturated carbocycles. The van der Waals surface area contributed by atoms with Gasteiger partial charge in [0.1, 0.15) is 0 Å². The van der Waals surface area contributed by atoms with Gasteiger partial charge in [-0.15, -0.1) is 0 Å². The lowest BCUT2D eigenvalue weighted by atomic mass is 10.3. The number of rotatable bonds is 5. The van der Waals surface area contributed by atoms with Crippen LogP contribution in [-0.4, -0.2) is 36.6 Å². The molecule has 1 aromatic heterocycles. The van der Waals surface area contributed by atoms with Gasteiger partial charge in [-0.25, -0.2) is 0 Å². The van der Waals surface area contributed by atoms with Gasteiger partial charge in [0.05, 0.1) is 0 Å². The Hall–Kier alpha value is -0.800. The van der Waals surface area contributed by atoms with Gasteiger partial charge in [0.25, 0.3) is 0 Å². The number of hydrogen-bond donors (Lipinski definition) is 2. The standard InChI is InChI=1S/C10H19N3/c1-9(8-13(2)3)12-7-10-4-5-11-6-10/h4-6,9,11-12H,7-8H2,1-3H3. The van der Waals surface area contributed by atoms with E-state index in [1.807, 2.05) is 12.4 Å². The van der Waals surface area contributed by atoms with Gasteiger partial charge < -0.3 is 15.2 Å². The van der Waals surface area contributed by atoms with E-state index in [0.29, 0.717) is 6.04 Å². The summed E-state index contributed by atoms with van der Waals surface area (Å²) in [5, 5.41) is 3.45. The van der Waals surface area contributed by atoms with Crippen LogP contribution in [0.4, 0.5) is 0 Å². The number of nitrogens with one attached hydrogen (secondary N) is 2. The zero-order chi connectivity index (χ0) is 9.68. The highest BCUT2D eigenvalue weighted by molar-refractivity contribution is 5.07. The fourth-order valence-electron chi connectivity index (χ4n) is 1.37. The molecule has 0 radical (unpaired) electrons. The van der Waals surface area contributed by atoms with Crippen LogP contribution in [0.2, 0.25) is 0 Å². The Balaban J connectivity index is 2.19. The Bertz CT molecular complexity index is 216. The molecule has 1 heterocycles. The highest BCUT2D eigenvalue weighted by Crippen LogP contribution is 1.96. The highest BCUT2D eigenvalue weighted by atomic mass is 15.1. The lowest BCUT2D eigenvalue weighted by molar-refractivity contribution is 0.349. The third kappa shape index (κ3) is 4.10. The Kier molecular flexibility index (Phi) is 3.99. The first-order valence-corrected chi connectivity index (χ1v) is 4.68. The summed E-state index contributed by atoms with van der Waals surface area (Å²) in [6.07, 6.45) is 3.98. The molecule has 1 unspecified atom stereocenters. The van der Waals surface area contributed by atoms with Gasteiger partial charge >= 0.3 is 0 Å². The van der Waals surface area contributed by atoms with E-state index in [9.17, 15) is 0 Å². The Labute approximate surface area is 80.1 Å². The molecule has 3 heteroatoms. The molecule has 0 bridgehead atoms. The number of nitrogens with zero attached hydrogens (tertiary/aromatic N) is 1. The Morgan fingerprint density at radius 1 is 1.54 bits per heavy atom. The van der Waals surface area contributed by atoms with Gasteiger partial charge in [-0.1, -0.05) is 0 Å². The van der Waals surface area contributed by atoms with Crippen LogP contribution >= 0.6 is 0 Å². The minimum absolute atomic E-state index is 0.532. The zero-order valence-corrected chi connectivity index (χ0v) is 8.67. The molecule has 0 aromatic carbocycles. The Morgan fingerprint density at radius 3 is 2.85 bits per heavy atom. The van der Waals surface area contributed by atoms with Gasteiger partial charge in [-0.2, -0.15) is 0 Å². The fraction of sp³-hybridized carbons (Fsp3) is 0.600. The quantitative estimate of drug-likeness (QED) is 0.711. The van der Waals surface area contributed by atoms with Crippen LogP contribution in [0.5, 0.6) is 0 Å². The molecule has 3 nitrogen and oxygen atoms in total. The van der Waals surface area contributed by atoms with Gasteiger partial charge in [0.2, 0.25) is 0 Å². The average molecular weight is 181 g/mol. The summed E-state index contributed by atoms with van der Waals surface area (Å²) in [6.45, 7) is 4.22. The smallest absolute Gasteiger partial charge is 0.0223 e. The molecule has 0 aliphatic rings. The van der Waals surface area contributed by atoms with Crippen molar-refractivity contribution in [3.05, 3.63) is 24.0 Å². The van der Waals surface area contributed by atoms with Crippen LogP contribution in [0.3, 0.4) is 0 Å². The second kappa shape index (κ2) is 5.04. The highest BCUT2D eigenvalue weighted by Gasteiger charge is 2.02. The van der Waals surface area contributed by atoms with Crippen molar-refractivity contribution >= 4 is 0 Å². The summed E-state index contributed by atoms with van der Waals surface area (Å²) in [5.74, 6) is 0. The third-order valence-electron chi connectivity index (χ3n) is 1.96. The van der Waals surface area contributed by atoms with E-state index < -0.39 is 0 Å². The van der Waals surface area contributed by atoms with E-state index >= 15 is 0 Å². The topological polar surface area (TPSA) is 31.1 Å². The first kappa shape index (κ1) is 10.3. The monoisotopic (exact) mass is 181 g/mol. The first-order valence-electron chi connectivity index (χ1n) is 4.68. The maximum atomic E-state index is 3.45. The maximum Gasteiger partial charge on any atom is 0.0223 e. The van der Waals surface area contributed by atoms with E-state index in [0.717, 1.165) is 13.1 Å². The van der Waals surface area contributed by atoms with Crippen LogP contribution in [0, 0.1) is 0 Å². The summed E-state index contributed by atoms with van der Waals surface area (Å²) in [5.41, 5.74) is 1.31. The average Bonchev–Trinajstić information content (AvgIpc) is 2.51. The molecule has 13 heavy (non-hydrogen) atoms. The largest absolute Gasteiger partial charge is 0.367 e. The molecule has 74 valence electrons. The summed E-state index contributed by atoms with van der Waals surface area (Å²) in [6, 6.07) is 2.62. The van der Waals surface area contributed by atoms with Crippen LogP contribution in [0.1, 0.15) is 12.5 Å². The lowest BCUT2D eigenvalue weighted by Gasteiger charge is -2.17. The van der Waals surface area contributed by atoms with E-state index in [2.05, 4.69) is 42.3 Å². The van der Waals surface area contributed by atoms with Gasteiger partial charge in [-0.05, 0) is 32.6 Å². The van der Waals surface area contributed by atoms with E-state index in [-0.39, 0.29) is 0 Å². The van der Waals surface area contributed by atoms with Crippen LogP contribution < -0.4 is 5.32 Å². The predicted octanol–water partition coefficient (Wildman–Crippen LogP) is 1.05. The van der Waals surface area contributed by atoms with Crippen molar-refractivity contribution in [3.8, 4) is 0 Å². The SMILES string of the molecule is CC(CN(C)C)NCc1cc[nH]c1. The van der Waals surface area contributed by atoms with Crippen LogP contribution in [-0.2, 0) is 6.54 Å². The predicted molar refractivity (Wildman–Crippen MR) is 55.6 cm³/mol. The van der Waals surface area contributed by atoms with E-state index in [1.54, 1.807) is 0 Å². The molecule has 0 saturated heterocycles. The molecule has 1 aromatic rings. The third-order valence-corrected chi connectivity index (χ3v) is 1.96. The van der Waals surface area contributed by atoms with Crippen LogP contribution in [0.25, 0.3) is 0 Å². The molecular formula is C10H19N3. The number of H-pyrrole nitrogens is 1. The van der Waals surface area contributed by atoms with Crippen molar-refractivity contribution in [1.29, 1.82) is 0 Å². The molecule has 0 spiro atoms. The normalized spacial score (nSPS) is 13.5. The van der Waals surface area contributed by atoms with Crippen molar-refractivity contribution in [1.82, 2.24) is 15.2 Å².